The van der Waals surface area contributed by atoms with E-state index >= 15 is 0 Å². The highest BCUT2D eigenvalue weighted by Gasteiger charge is 2.28. The number of carbonyl (C=O) groups excluding carboxylic acids is 1. The van der Waals surface area contributed by atoms with Gasteiger partial charge in [-0.3, -0.25) is 4.90 Å². The minimum atomic E-state index is 0.0805. The third-order valence-electron chi connectivity index (χ3n) is 6.26. The Bertz CT molecular complexity index is 579. The van der Waals surface area contributed by atoms with Crippen molar-refractivity contribution in [3.05, 3.63) is 30.3 Å². The SMILES string of the molecule is CCC(CC)[C@H](CNC(=O)N1CCN(c2ccccc2)CC1)N1CCOCC1. The summed E-state index contributed by atoms with van der Waals surface area (Å²) in [4.78, 5) is 19.6. The van der Waals surface area contributed by atoms with Gasteiger partial charge in [0.25, 0.3) is 0 Å². The molecule has 0 aliphatic carbocycles. The molecule has 0 unspecified atom stereocenters. The van der Waals surface area contributed by atoms with Crippen LogP contribution in [0.4, 0.5) is 10.5 Å². The van der Waals surface area contributed by atoms with E-state index in [2.05, 4.69) is 53.2 Å². The van der Waals surface area contributed by atoms with Crippen LogP contribution in [0.3, 0.4) is 0 Å². The van der Waals surface area contributed by atoms with Crippen LogP contribution in [0, 0.1) is 5.92 Å². The topological polar surface area (TPSA) is 48.1 Å². The van der Waals surface area contributed by atoms with Gasteiger partial charge in [0, 0.05) is 57.5 Å². The first-order valence-electron chi connectivity index (χ1n) is 10.9. The molecule has 0 radical (unpaired) electrons. The second-order valence-corrected chi connectivity index (χ2v) is 7.79. The summed E-state index contributed by atoms with van der Waals surface area (Å²) < 4.78 is 5.52. The molecule has 2 fully saturated rings. The lowest BCUT2D eigenvalue weighted by molar-refractivity contribution is 0.00210. The van der Waals surface area contributed by atoms with Gasteiger partial charge in [-0.1, -0.05) is 44.9 Å². The molecule has 1 N–H and O–H groups in total. The number of para-hydroxylation sites is 1. The van der Waals surface area contributed by atoms with Crippen molar-refractivity contribution in [3.63, 3.8) is 0 Å². The summed E-state index contributed by atoms with van der Waals surface area (Å²) in [5.41, 5.74) is 1.24. The second-order valence-electron chi connectivity index (χ2n) is 7.79. The molecule has 2 aliphatic heterocycles. The molecule has 2 saturated heterocycles. The number of nitrogens with zero attached hydrogens (tertiary/aromatic N) is 3. The maximum absolute atomic E-state index is 12.8. The van der Waals surface area contributed by atoms with Crippen LogP contribution in [0.25, 0.3) is 0 Å². The van der Waals surface area contributed by atoms with E-state index in [-0.39, 0.29) is 6.03 Å². The van der Waals surface area contributed by atoms with Gasteiger partial charge in [0.2, 0.25) is 0 Å². The summed E-state index contributed by atoms with van der Waals surface area (Å²) in [6, 6.07) is 10.9. The van der Waals surface area contributed by atoms with E-state index in [0.29, 0.717) is 12.0 Å². The van der Waals surface area contributed by atoms with Crippen molar-refractivity contribution in [1.29, 1.82) is 0 Å². The van der Waals surface area contributed by atoms with Crippen LogP contribution >= 0.6 is 0 Å². The van der Waals surface area contributed by atoms with Crippen molar-refractivity contribution in [1.82, 2.24) is 15.1 Å². The molecule has 1 atom stereocenters. The zero-order chi connectivity index (χ0) is 19.8. The maximum Gasteiger partial charge on any atom is 0.317 e. The first kappa shape index (κ1) is 20.9. The Balaban J connectivity index is 1.50. The normalized spacial score (nSPS) is 19.7. The Morgan fingerprint density at radius 3 is 2.25 bits per heavy atom. The number of piperazine rings is 1. The van der Waals surface area contributed by atoms with Gasteiger partial charge in [-0.15, -0.1) is 0 Å². The molecule has 1 aromatic carbocycles. The molecular weight excluding hydrogens is 352 g/mol. The summed E-state index contributed by atoms with van der Waals surface area (Å²) >= 11 is 0. The molecule has 0 aromatic heterocycles. The maximum atomic E-state index is 12.8. The molecule has 6 heteroatoms. The number of amides is 2. The highest BCUT2D eigenvalue weighted by atomic mass is 16.5. The zero-order valence-corrected chi connectivity index (χ0v) is 17.5. The molecule has 1 aromatic rings. The number of morpholine rings is 1. The minimum absolute atomic E-state index is 0.0805. The molecular formula is C22H36N4O2. The van der Waals surface area contributed by atoms with Gasteiger partial charge in [0.1, 0.15) is 0 Å². The average Bonchev–Trinajstić information content (AvgIpc) is 2.77. The predicted molar refractivity (Wildman–Crippen MR) is 114 cm³/mol. The monoisotopic (exact) mass is 388 g/mol. The van der Waals surface area contributed by atoms with Crippen molar-refractivity contribution in [2.24, 2.45) is 5.92 Å². The van der Waals surface area contributed by atoms with Gasteiger partial charge in [-0.2, -0.15) is 0 Å². The van der Waals surface area contributed by atoms with Gasteiger partial charge in [0.15, 0.2) is 0 Å². The van der Waals surface area contributed by atoms with Crippen LogP contribution in [0.5, 0.6) is 0 Å². The van der Waals surface area contributed by atoms with Crippen LogP contribution < -0.4 is 10.2 Å². The average molecular weight is 389 g/mol. The van der Waals surface area contributed by atoms with Crippen LogP contribution in [0.1, 0.15) is 26.7 Å². The molecule has 2 heterocycles. The largest absolute Gasteiger partial charge is 0.379 e. The van der Waals surface area contributed by atoms with Crippen molar-refractivity contribution in [2.45, 2.75) is 32.7 Å². The summed E-state index contributed by atoms with van der Waals surface area (Å²) in [7, 11) is 0. The number of hydrogen-bond donors (Lipinski definition) is 1. The fraction of sp³-hybridized carbons (Fsp3) is 0.682. The lowest BCUT2D eigenvalue weighted by atomic mass is 9.92. The molecule has 28 heavy (non-hydrogen) atoms. The second kappa shape index (κ2) is 10.7. The molecule has 2 amide bonds. The molecule has 0 spiro atoms. The number of urea groups is 1. The number of rotatable bonds is 7. The predicted octanol–water partition coefficient (Wildman–Crippen LogP) is 2.66. The third kappa shape index (κ3) is 5.39. The number of benzene rings is 1. The quantitative estimate of drug-likeness (QED) is 0.780. The molecule has 2 aliphatic rings. The molecule has 0 bridgehead atoms. The van der Waals surface area contributed by atoms with E-state index in [4.69, 9.17) is 4.74 Å². The van der Waals surface area contributed by atoms with Gasteiger partial charge in [-0.25, -0.2) is 4.79 Å². The van der Waals surface area contributed by atoms with E-state index in [1.165, 1.54) is 5.69 Å². The van der Waals surface area contributed by atoms with Crippen LogP contribution in [-0.2, 0) is 4.74 Å². The van der Waals surface area contributed by atoms with E-state index in [0.717, 1.165) is 71.9 Å². The Hall–Kier alpha value is -1.79. The van der Waals surface area contributed by atoms with Crippen LogP contribution in [0.2, 0.25) is 0 Å². The van der Waals surface area contributed by atoms with Gasteiger partial charge >= 0.3 is 6.03 Å². The number of anilines is 1. The van der Waals surface area contributed by atoms with E-state index in [9.17, 15) is 4.79 Å². The summed E-state index contributed by atoms with van der Waals surface area (Å²) in [6.45, 7) is 12.1. The smallest absolute Gasteiger partial charge is 0.317 e. The van der Waals surface area contributed by atoms with Gasteiger partial charge in [0.05, 0.1) is 13.2 Å². The van der Waals surface area contributed by atoms with Crippen LogP contribution in [-0.4, -0.2) is 80.9 Å². The Kier molecular flexibility index (Phi) is 7.98. The van der Waals surface area contributed by atoms with E-state index in [1.54, 1.807) is 0 Å². The third-order valence-corrected chi connectivity index (χ3v) is 6.26. The Labute approximate surface area is 169 Å². The molecule has 156 valence electrons. The fourth-order valence-corrected chi connectivity index (χ4v) is 4.45. The lowest BCUT2D eigenvalue weighted by Crippen LogP contribution is -2.56. The first-order valence-corrected chi connectivity index (χ1v) is 10.9. The Morgan fingerprint density at radius 2 is 1.64 bits per heavy atom. The molecule has 0 saturated carbocycles. The number of ether oxygens (including phenoxy) is 1. The van der Waals surface area contributed by atoms with E-state index < -0.39 is 0 Å². The van der Waals surface area contributed by atoms with Gasteiger partial charge < -0.3 is 19.9 Å². The highest BCUT2D eigenvalue weighted by molar-refractivity contribution is 5.74. The Morgan fingerprint density at radius 1 is 1.00 bits per heavy atom. The summed E-state index contributed by atoms with van der Waals surface area (Å²) in [5.74, 6) is 0.605. The highest BCUT2D eigenvalue weighted by Crippen LogP contribution is 2.20. The first-order chi connectivity index (χ1) is 13.7. The number of hydrogen-bond acceptors (Lipinski definition) is 4. The van der Waals surface area contributed by atoms with Crippen molar-refractivity contribution in [3.8, 4) is 0 Å². The van der Waals surface area contributed by atoms with Crippen molar-refractivity contribution in [2.75, 3.05) is 63.9 Å². The van der Waals surface area contributed by atoms with Crippen molar-refractivity contribution < 1.29 is 9.53 Å². The minimum Gasteiger partial charge on any atom is -0.379 e. The zero-order valence-electron chi connectivity index (χ0n) is 17.5. The van der Waals surface area contributed by atoms with E-state index in [1.807, 2.05) is 11.0 Å². The fourth-order valence-electron chi connectivity index (χ4n) is 4.45. The molecule has 3 rings (SSSR count). The summed E-state index contributed by atoms with van der Waals surface area (Å²) in [6.07, 6.45) is 2.29. The molecule has 6 nitrogen and oxygen atoms in total. The van der Waals surface area contributed by atoms with Crippen molar-refractivity contribution >= 4 is 11.7 Å². The van der Waals surface area contributed by atoms with Gasteiger partial charge in [-0.05, 0) is 18.1 Å². The summed E-state index contributed by atoms with van der Waals surface area (Å²) in [5, 5.41) is 3.24. The van der Waals surface area contributed by atoms with Crippen LogP contribution in [0.15, 0.2) is 30.3 Å². The lowest BCUT2D eigenvalue weighted by Gasteiger charge is -2.40. The number of carbonyl (C=O) groups is 1. The standard InChI is InChI=1S/C22H36N4O2/c1-3-19(4-2)21(25-14-16-28-17-15-25)18-23-22(27)26-12-10-24(11-13-26)20-8-6-5-7-9-20/h5-9,19,21H,3-4,10-18H2,1-2H3,(H,23,27)/t21-/m0/s1. The number of nitrogens with one attached hydrogen (secondary N) is 1.